The predicted molar refractivity (Wildman–Crippen MR) is 37.9 cm³/mol. The fourth-order valence-electron chi connectivity index (χ4n) is 1.37. The van der Waals surface area contributed by atoms with Crippen LogP contribution in [0, 0.1) is 5.92 Å². The number of hydrogen-bond donors (Lipinski definition) is 0. The minimum absolute atomic E-state index is 0.143. The van der Waals surface area contributed by atoms with E-state index >= 15 is 0 Å². The molecule has 0 fully saturated rings. The van der Waals surface area contributed by atoms with Gasteiger partial charge in [0.05, 0.1) is 6.54 Å². The van der Waals surface area contributed by atoms with E-state index in [9.17, 15) is 4.79 Å². The minimum Gasteiger partial charge on any atom is -0.303 e. The van der Waals surface area contributed by atoms with E-state index < -0.39 is 0 Å². The van der Waals surface area contributed by atoms with Gasteiger partial charge in [0.25, 0.3) is 0 Å². The van der Waals surface area contributed by atoms with Crippen LogP contribution in [0.25, 0.3) is 0 Å². The maximum atomic E-state index is 10.4. The van der Waals surface area contributed by atoms with Gasteiger partial charge in [0.2, 0.25) is 0 Å². The third kappa shape index (κ3) is 1.04. The molecule has 0 radical (unpaired) electrons. The van der Waals surface area contributed by atoms with Gasteiger partial charge < -0.3 is 4.79 Å². The van der Waals surface area contributed by atoms with Crippen molar-refractivity contribution in [1.29, 1.82) is 0 Å². The van der Waals surface area contributed by atoms with Gasteiger partial charge >= 0.3 is 0 Å². The molecule has 0 saturated carbocycles. The number of aromatic nitrogens is 3. The number of nitrogens with zero attached hydrogens (tertiary/aromatic N) is 3. The lowest BCUT2D eigenvalue weighted by Crippen LogP contribution is -2.22. The van der Waals surface area contributed by atoms with Gasteiger partial charge in [-0.25, -0.2) is 9.67 Å². The van der Waals surface area contributed by atoms with E-state index in [1.165, 1.54) is 0 Å². The van der Waals surface area contributed by atoms with E-state index in [-0.39, 0.29) is 5.92 Å². The summed E-state index contributed by atoms with van der Waals surface area (Å²) in [6, 6.07) is 0. The largest absolute Gasteiger partial charge is 0.303 e. The van der Waals surface area contributed by atoms with Crippen molar-refractivity contribution >= 4 is 6.29 Å². The van der Waals surface area contributed by atoms with Crippen LogP contribution in [0.3, 0.4) is 0 Å². The Labute approximate surface area is 64.2 Å². The van der Waals surface area contributed by atoms with E-state index in [0.717, 1.165) is 25.0 Å². The van der Waals surface area contributed by atoms with Crippen LogP contribution in [-0.2, 0) is 17.8 Å². The fourth-order valence-corrected chi connectivity index (χ4v) is 1.37. The Hall–Kier alpha value is -1.19. The summed E-state index contributed by atoms with van der Waals surface area (Å²) >= 11 is 0. The molecule has 1 unspecified atom stereocenters. The van der Waals surface area contributed by atoms with Gasteiger partial charge in [0.15, 0.2) is 0 Å². The standard InChI is InChI=1S/C7H9N3O/c11-4-6-1-2-7-8-5-9-10(7)3-6/h4-6H,1-3H2. The average Bonchev–Trinajstić information content (AvgIpc) is 2.50. The molecule has 0 saturated heterocycles. The SMILES string of the molecule is O=CC1CCc2ncnn2C1. The minimum atomic E-state index is 0.143. The molecular weight excluding hydrogens is 142 g/mol. The Kier molecular flexibility index (Phi) is 1.45. The maximum Gasteiger partial charge on any atom is 0.138 e. The molecule has 4 nitrogen and oxygen atoms in total. The van der Waals surface area contributed by atoms with Crippen molar-refractivity contribution in [2.24, 2.45) is 5.92 Å². The third-order valence-electron chi connectivity index (χ3n) is 2.03. The molecule has 0 amide bonds. The van der Waals surface area contributed by atoms with Crippen LogP contribution in [0.2, 0.25) is 0 Å². The first-order valence-corrected chi connectivity index (χ1v) is 3.72. The molecule has 1 aromatic rings. The lowest BCUT2D eigenvalue weighted by molar-refractivity contribution is -0.111. The van der Waals surface area contributed by atoms with Gasteiger partial charge in [-0.2, -0.15) is 5.10 Å². The van der Waals surface area contributed by atoms with Crippen molar-refractivity contribution < 1.29 is 4.79 Å². The topological polar surface area (TPSA) is 47.8 Å². The highest BCUT2D eigenvalue weighted by Crippen LogP contribution is 2.14. The highest BCUT2D eigenvalue weighted by molar-refractivity contribution is 5.53. The Bertz CT molecular complexity index is 268. The van der Waals surface area contributed by atoms with Crippen LogP contribution in [0.1, 0.15) is 12.2 Å². The molecule has 0 aliphatic carbocycles. The van der Waals surface area contributed by atoms with Gasteiger partial charge in [-0.1, -0.05) is 0 Å². The summed E-state index contributed by atoms with van der Waals surface area (Å²) in [6.45, 7) is 0.707. The van der Waals surface area contributed by atoms with Crippen LogP contribution in [0.5, 0.6) is 0 Å². The summed E-state index contributed by atoms with van der Waals surface area (Å²) in [5.41, 5.74) is 0. The van der Waals surface area contributed by atoms with E-state index in [2.05, 4.69) is 10.1 Å². The molecule has 1 aliphatic rings. The van der Waals surface area contributed by atoms with Crippen molar-refractivity contribution in [3.63, 3.8) is 0 Å². The Balaban J connectivity index is 2.24. The quantitative estimate of drug-likeness (QED) is 0.532. The maximum absolute atomic E-state index is 10.4. The van der Waals surface area contributed by atoms with Gasteiger partial charge in [-0.05, 0) is 6.42 Å². The highest BCUT2D eigenvalue weighted by Gasteiger charge is 2.18. The van der Waals surface area contributed by atoms with Crippen LogP contribution >= 0.6 is 0 Å². The van der Waals surface area contributed by atoms with Gasteiger partial charge in [0.1, 0.15) is 18.4 Å². The summed E-state index contributed by atoms with van der Waals surface area (Å²) in [7, 11) is 0. The number of carbonyl (C=O) groups is 1. The highest BCUT2D eigenvalue weighted by atomic mass is 16.1. The lowest BCUT2D eigenvalue weighted by atomic mass is 10.0. The molecule has 0 bridgehead atoms. The molecule has 0 N–H and O–H groups in total. The van der Waals surface area contributed by atoms with Gasteiger partial charge in [0, 0.05) is 12.3 Å². The molecular formula is C7H9N3O. The molecule has 11 heavy (non-hydrogen) atoms. The van der Waals surface area contributed by atoms with Crippen molar-refractivity contribution in [1.82, 2.24) is 14.8 Å². The van der Waals surface area contributed by atoms with Crippen molar-refractivity contribution in [3.05, 3.63) is 12.2 Å². The summed E-state index contributed by atoms with van der Waals surface area (Å²) in [5, 5.41) is 4.00. The zero-order chi connectivity index (χ0) is 7.68. The summed E-state index contributed by atoms with van der Waals surface area (Å²) in [6.07, 6.45) is 4.35. The zero-order valence-electron chi connectivity index (χ0n) is 6.10. The monoisotopic (exact) mass is 151 g/mol. The second-order valence-electron chi connectivity index (χ2n) is 2.79. The molecule has 2 heterocycles. The smallest absolute Gasteiger partial charge is 0.138 e. The second kappa shape index (κ2) is 2.45. The molecule has 4 heteroatoms. The van der Waals surface area contributed by atoms with Crippen molar-refractivity contribution in [2.75, 3.05) is 0 Å². The molecule has 1 aromatic heterocycles. The third-order valence-corrected chi connectivity index (χ3v) is 2.03. The summed E-state index contributed by atoms with van der Waals surface area (Å²) < 4.78 is 1.81. The second-order valence-corrected chi connectivity index (χ2v) is 2.79. The first-order chi connectivity index (χ1) is 5.40. The number of rotatable bonds is 1. The zero-order valence-corrected chi connectivity index (χ0v) is 6.10. The molecule has 0 aromatic carbocycles. The van der Waals surface area contributed by atoms with Crippen molar-refractivity contribution in [3.8, 4) is 0 Å². The van der Waals surface area contributed by atoms with Gasteiger partial charge in [-0.15, -0.1) is 0 Å². The normalized spacial score (nSPS) is 22.7. The molecule has 1 aliphatic heterocycles. The number of aldehydes is 1. The van der Waals surface area contributed by atoms with E-state index in [4.69, 9.17) is 0 Å². The van der Waals surface area contributed by atoms with Crippen LogP contribution in [0.15, 0.2) is 6.33 Å². The van der Waals surface area contributed by atoms with E-state index in [1.807, 2.05) is 4.68 Å². The van der Waals surface area contributed by atoms with Gasteiger partial charge in [-0.3, -0.25) is 0 Å². The first-order valence-electron chi connectivity index (χ1n) is 3.72. The summed E-state index contributed by atoms with van der Waals surface area (Å²) in [4.78, 5) is 14.5. The molecule has 1 atom stereocenters. The van der Waals surface area contributed by atoms with E-state index in [1.54, 1.807) is 6.33 Å². The van der Waals surface area contributed by atoms with E-state index in [0.29, 0.717) is 6.54 Å². The number of carbonyl (C=O) groups excluding carboxylic acids is 1. The van der Waals surface area contributed by atoms with Crippen LogP contribution < -0.4 is 0 Å². The number of hydrogen-bond acceptors (Lipinski definition) is 3. The van der Waals surface area contributed by atoms with Crippen molar-refractivity contribution in [2.45, 2.75) is 19.4 Å². The Morgan fingerprint density at radius 3 is 3.45 bits per heavy atom. The first kappa shape index (κ1) is 6.52. The average molecular weight is 151 g/mol. The number of fused-ring (bicyclic) bond motifs is 1. The lowest BCUT2D eigenvalue weighted by Gasteiger charge is -2.16. The fraction of sp³-hybridized carbons (Fsp3) is 0.571. The predicted octanol–water partition coefficient (Wildman–Crippen LogP) is 0.0394. The number of aryl methyl sites for hydroxylation is 1. The summed E-state index contributed by atoms with van der Waals surface area (Å²) in [5.74, 6) is 1.15. The molecule has 58 valence electrons. The van der Waals surface area contributed by atoms with Crippen LogP contribution in [-0.4, -0.2) is 21.1 Å². The molecule has 0 spiro atoms. The Morgan fingerprint density at radius 1 is 1.73 bits per heavy atom. The Morgan fingerprint density at radius 2 is 2.64 bits per heavy atom. The van der Waals surface area contributed by atoms with Crippen LogP contribution in [0.4, 0.5) is 0 Å². The molecule has 2 rings (SSSR count).